The smallest absolute Gasteiger partial charge is 0.344 e. The Hall–Kier alpha value is -0.880. The van der Waals surface area contributed by atoms with Gasteiger partial charge in [0.2, 0.25) is 0 Å². The molecular weight excluding hydrogens is 198 g/mol. The van der Waals surface area contributed by atoms with E-state index in [9.17, 15) is 9.70 Å². The second kappa shape index (κ2) is 5.71. The van der Waals surface area contributed by atoms with E-state index in [0.717, 1.165) is 0 Å². The molecule has 0 spiro atoms. The van der Waals surface area contributed by atoms with Crippen molar-refractivity contribution in [3.8, 4) is 0 Å². The molecule has 0 aliphatic carbocycles. The van der Waals surface area contributed by atoms with Crippen LogP contribution in [0.2, 0.25) is 0 Å². The second-order valence-corrected chi connectivity index (χ2v) is 3.04. The van der Waals surface area contributed by atoms with Gasteiger partial charge in [-0.15, -0.1) is 9.92 Å². The van der Waals surface area contributed by atoms with Crippen molar-refractivity contribution in [3.63, 3.8) is 0 Å². The molecule has 76 valence electrons. The zero-order valence-electron chi connectivity index (χ0n) is 7.40. The molecule has 13 heavy (non-hydrogen) atoms. The molecule has 7 heteroatoms. The molecule has 0 radical (unpaired) electrons. The highest BCUT2D eigenvalue weighted by Crippen LogP contribution is 2.02. The van der Waals surface area contributed by atoms with Crippen LogP contribution in [0.1, 0.15) is 20.3 Å². The van der Waals surface area contributed by atoms with E-state index in [4.69, 9.17) is 16.7 Å². The lowest BCUT2D eigenvalue weighted by molar-refractivity contribution is 0.0283. The van der Waals surface area contributed by atoms with E-state index in [1.54, 1.807) is 6.92 Å². The number of aliphatic hydroxyl groups is 1. The van der Waals surface area contributed by atoms with Crippen LogP contribution in [0.15, 0.2) is 5.29 Å². The van der Waals surface area contributed by atoms with Gasteiger partial charge >= 0.3 is 6.03 Å². The Morgan fingerprint density at radius 3 is 2.62 bits per heavy atom. The van der Waals surface area contributed by atoms with Gasteiger partial charge in [-0.3, -0.25) is 0 Å². The monoisotopic (exact) mass is 209 g/mol. The van der Waals surface area contributed by atoms with Crippen LogP contribution < -0.4 is 5.32 Å². The van der Waals surface area contributed by atoms with Crippen LogP contribution in [0, 0.1) is 4.91 Å². The van der Waals surface area contributed by atoms with Gasteiger partial charge in [-0.2, -0.15) is 0 Å². The zero-order chi connectivity index (χ0) is 10.4. The SMILES string of the molecule is CCC(O)N(N=O)C(=O)NC(C)Cl. The largest absolute Gasteiger partial charge is 0.371 e. The van der Waals surface area contributed by atoms with E-state index in [0.29, 0.717) is 5.01 Å². The first kappa shape index (κ1) is 12.1. The van der Waals surface area contributed by atoms with Crippen molar-refractivity contribution in [2.45, 2.75) is 32.0 Å². The number of amides is 2. The Kier molecular flexibility index (Phi) is 5.33. The number of nitroso groups, excluding NO2 is 1. The average molecular weight is 210 g/mol. The summed E-state index contributed by atoms with van der Waals surface area (Å²) in [4.78, 5) is 21.2. The Labute approximate surface area is 80.8 Å². The lowest BCUT2D eigenvalue weighted by Crippen LogP contribution is -2.44. The van der Waals surface area contributed by atoms with Crippen molar-refractivity contribution in [2.75, 3.05) is 0 Å². The summed E-state index contributed by atoms with van der Waals surface area (Å²) in [5.74, 6) is 0. The topological polar surface area (TPSA) is 82.0 Å². The lowest BCUT2D eigenvalue weighted by Gasteiger charge is -2.19. The number of rotatable bonds is 4. The highest BCUT2D eigenvalue weighted by Gasteiger charge is 2.21. The molecule has 0 fully saturated rings. The van der Waals surface area contributed by atoms with Gasteiger partial charge in [0.1, 0.15) is 5.50 Å². The molecule has 0 aliphatic heterocycles. The first-order valence-corrected chi connectivity index (χ1v) is 4.21. The number of carbonyl (C=O) groups is 1. The van der Waals surface area contributed by atoms with Crippen LogP contribution in [-0.4, -0.2) is 27.9 Å². The summed E-state index contributed by atoms with van der Waals surface area (Å²) in [7, 11) is 0. The van der Waals surface area contributed by atoms with Crippen LogP contribution in [0.3, 0.4) is 0 Å². The minimum Gasteiger partial charge on any atom is -0.371 e. The van der Waals surface area contributed by atoms with Gasteiger partial charge in [-0.1, -0.05) is 18.5 Å². The van der Waals surface area contributed by atoms with Crippen LogP contribution in [0.4, 0.5) is 4.79 Å². The van der Waals surface area contributed by atoms with Crippen LogP contribution in [-0.2, 0) is 0 Å². The van der Waals surface area contributed by atoms with Gasteiger partial charge in [0, 0.05) is 0 Å². The fraction of sp³-hybridized carbons (Fsp3) is 0.833. The maximum atomic E-state index is 11.1. The minimum atomic E-state index is -1.21. The number of nitrogens with zero attached hydrogens (tertiary/aromatic N) is 2. The van der Waals surface area contributed by atoms with Crippen LogP contribution >= 0.6 is 11.6 Å². The average Bonchev–Trinajstić information content (AvgIpc) is 2.03. The van der Waals surface area contributed by atoms with Gasteiger partial charge in [-0.25, -0.2) is 4.79 Å². The Balaban J connectivity index is 4.23. The van der Waals surface area contributed by atoms with Gasteiger partial charge < -0.3 is 10.4 Å². The number of carbonyl (C=O) groups excluding carboxylic acids is 1. The van der Waals surface area contributed by atoms with Crippen molar-refractivity contribution in [1.82, 2.24) is 10.3 Å². The summed E-state index contributed by atoms with van der Waals surface area (Å²) < 4.78 is 0. The predicted octanol–water partition coefficient (Wildman–Crippen LogP) is 0.993. The number of urea groups is 1. The molecule has 0 rings (SSSR count). The summed E-state index contributed by atoms with van der Waals surface area (Å²) in [6.45, 7) is 3.13. The molecule has 0 saturated heterocycles. The Bertz CT molecular complexity index is 188. The highest BCUT2D eigenvalue weighted by molar-refractivity contribution is 6.20. The Morgan fingerprint density at radius 1 is 1.77 bits per heavy atom. The molecule has 0 saturated carbocycles. The second-order valence-electron chi connectivity index (χ2n) is 2.38. The van der Waals surface area contributed by atoms with Crippen molar-refractivity contribution in [2.24, 2.45) is 5.29 Å². The maximum absolute atomic E-state index is 11.1. The molecular formula is C6H12ClN3O3. The van der Waals surface area contributed by atoms with Crippen molar-refractivity contribution < 1.29 is 9.90 Å². The first-order chi connectivity index (χ1) is 6.02. The molecule has 0 aromatic carbocycles. The fourth-order valence-corrected chi connectivity index (χ4v) is 0.729. The maximum Gasteiger partial charge on any atom is 0.344 e. The lowest BCUT2D eigenvalue weighted by atomic mass is 10.4. The van der Waals surface area contributed by atoms with E-state index in [1.165, 1.54) is 6.92 Å². The molecule has 2 N–H and O–H groups in total. The molecule has 0 aliphatic rings. The summed E-state index contributed by atoms with van der Waals surface area (Å²) in [5.41, 5.74) is -0.624. The van der Waals surface area contributed by atoms with E-state index < -0.39 is 17.8 Å². The molecule has 0 aromatic rings. The molecule has 6 nitrogen and oxygen atoms in total. The molecule has 0 aromatic heterocycles. The number of alkyl halides is 1. The standard InChI is InChI=1S/C6H12ClN3O3/c1-3-5(11)10(9-13)6(12)8-4(2)7/h4-5,11H,3H2,1-2H3,(H,8,12). The first-order valence-electron chi connectivity index (χ1n) is 3.78. The number of hydrogen-bond acceptors (Lipinski definition) is 4. The normalized spacial score (nSPS) is 14.5. The third-order valence-electron chi connectivity index (χ3n) is 1.27. The molecule has 0 heterocycles. The van der Waals surface area contributed by atoms with Crippen LogP contribution in [0.25, 0.3) is 0 Å². The molecule has 2 unspecified atom stereocenters. The number of hydrogen-bond donors (Lipinski definition) is 2. The van der Waals surface area contributed by atoms with Gasteiger partial charge in [0.25, 0.3) is 0 Å². The van der Waals surface area contributed by atoms with Gasteiger partial charge in [-0.05, 0) is 13.3 Å². The van der Waals surface area contributed by atoms with E-state index in [-0.39, 0.29) is 6.42 Å². The molecule has 0 bridgehead atoms. The summed E-state index contributed by atoms with van der Waals surface area (Å²) in [6, 6.07) is -0.813. The minimum absolute atomic E-state index is 0.218. The Morgan fingerprint density at radius 2 is 2.31 bits per heavy atom. The quantitative estimate of drug-likeness (QED) is 0.238. The molecule has 2 atom stereocenters. The summed E-state index contributed by atoms with van der Waals surface area (Å²) in [6.07, 6.45) is -0.997. The van der Waals surface area contributed by atoms with E-state index >= 15 is 0 Å². The fourth-order valence-electron chi connectivity index (χ4n) is 0.636. The number of aliphatic hydroxyl groups excluding tert-OH is 1. The van der Waals surface area contributed by atoms with Crippen LogP contribution in [0.5, 0.6) is 0 Å². The molecule has 2 amide bonds. The third-order valence-corrected chi connectivity index (χ3v) is 1.37. The van der Waals surface area contributed by atoms with Crippen molar-refractivity contribution >= 4 is 17.6 Å². The zero-order valence-corrected chi connectivity index (χ0v) is 8.15. The van der Waals surface area contributed by atoms with Crippen molar-refractivity contribution in [3.05, 3.63) is 4.91 Å². The summed E-state index contributed by atoms with van der Waals surface area (Å²) in [5, 5.41) is 14.1. The predicted molar refractivity (Wildman–Crippen MR) is 47.8 cm³/mol. The van der Waals surface area contributed by atoms with E-state index in [2.05, 4.69) is 10.6 Å². The number of nitrogens with one attached hydrogen (secondary N) is 1. The number of halogens is 1. The highest BCUT2D eigenvalue weighted by atomic mass is 35.5. The van der Waals surface area contributed by atoms with Gasteiger partial charge in [0.15, 0.2) is 6.23 Å². The van der Waals surface area contributed by atoms with Gasteiger partial charge in [0.05, 0.1) is 5.29 Å². The summed E-state index contributed by atoms with van der Waals surface area (Å²) >= 11 is 5.44. The van der Waals surface area contributed by atoms with Crippen molar-refractivity contribution in [1.29, 1.82) is 0 Å². The van der Waals surface area contributed by atoms with E-state index in [1.807, 2.05) is 0 Å². The third kappa shape index (κ3) is 4.05.